The molecule has 0 unspecified atom stereocenters. The van der Waals surface area contributed by atoms with Crippen LogP contribution in [-0.2, 0) is 6.18 Å². The molecule has 0 N–H and O–H groups in total. The molecule has 0 saturated carbocycles. The molecule has 0 saturated heterocycles. The van der Waals surface area contributed by atoms with Gasteiger partial charge in [-0.2, -0.15) is 13.2 Å². The fourth-order valence-corrected chi connectivity index (χ4v) is 1.06. The zero-order valence-corrected chi connectivity index (χ0v) is 6.96. The van der Waals surface area contributed by atoms with Gasteiger partial charge in [-0.25, -0.2) is 4.39 Å². The molecule has 0 nitrogen and oxygen atoms in total. The summed E-state index contributed by atoms with van der Waals surface area (Å²) in [6.45, 7) is -5.80. The van der Waals surface area contributed by atoms with Crippen molar-refractivity contribution in [1.29, 1.82) is 0 Å². The van der Waals surface area contributed by atoms with Gasteiger partial charge in [0.1, 0.15) is 5.82 Å². The smallest absolute Gasteiger partial charge is 0.445 e. The summed E-state index contributed by atoms with van der Waals surface area (Å²) >= 11 is 0. The van der Waals surface area contributed by atoms with Crippen LogP contribution in [0.1, 0.15) is 5.56 Å². The minimum Gasteiger partial charge on any atom is -0.445 e. The van der Waals surface area contributed by atoms with Crippen LogP contribution in [0, 0.1) is 5.82 Å². The van der Waals surface area contributed by atoms with E-state index in [2.05, 4.69) is 0 Å². The number of alkyl halides is 3. The van der Waals surface area contributed by atoms with Gasteiger partial charge in [0, 0.05) is 5.56 Å². The standard InChI is InChI=1S/C7H3BF7/c9-4-1-2-6(8(13,14)15)5(3-4)7(10,11)12/h1-3H/q-1. The van der Waals surface area contributed by atoms with Crippen LogP contribution < -0.4 is 5.46 Å². The van der Waals surface area contributed by atoms with E-state index in [9.17, 15) is 30.5 Å². The Labute approximate surface area is 79.8 Å². The van der Waals surface area contributed by atoms with Crippen LogP contribution in [0.25, 0.3) is 0 Å². The highest BCUT2D eigenvalue weighted by Crippen LogP contribution is 2.30. The fraction of sp³-hybridized carbons (Fsp3) is 0.143. The highest BCUT2D eigenvalue weighted by Gasteiger charge is 2.39. The van der Waals surface area contributed by atoms with Crippen LogP contribution in [0.15, 0.2) is 18.2 Å². The molecule has 0 aromatic heterocycles. The van der Waals surface area contributed by atoms with E-state index in [1.165, 1.54) is 0 Å². The first-order valence-corrected chi connectivity index (χ1v) is 3.69. The normalized spacial score (nSPS) is 13.0. The summed E-state index contributed by atoms with van der Waals surface area (Å²) in [4.78, 5) is 0. The van der Waals surface area contributed by atoms with Crippen molar-refractivity contribution in [2.24, 2.45) is 0 Å². The molecule has 0 spiro atoms. The Balaban J connectivity index is 3.41. The molecule has 15 heavy (non-hydrogen) atoms. The highest BCUT2D eigenvalue weighted by atomic mass is 19.4. The van der Waals surface area contributed by atoms with E-state index < -0.39 is 30.0 Å². The summed E-state index contributed by atoms with van der Waals surface area (Å²) in [5, 5.41) is 0. The molecule has 0 amide bonds. The molecular formula is C7H3BF7-. The van der Waals surface area contributed by atoms with Crippen LogP contribution in [0.5, 0.6) is 0 Å². The molecule has 1 aromatic carbocycles. The van der Waals surface area contributed by atoms with Crippen molar-refractivity contribution in [2.75, 3.05) is 0 Å². The number of hydrogen-bond acceptors (Lipinski definition) is 0. The lowest BCUT2D eigenvalue weighted by atomic mass is 9.76. The zero-order valence-electron chi connectivity index (χ0n) is 6.96. The van der Waals surface area contributed by atoms with Crippen molar-refractivity contribution < 1.29 is 30.5 Å². The van der Waals surface area contributed by atoms with E-state index >= 15 is 0 Å². The van der Waals surface area contributed by atoms with E-state index in [1.807, 2.05) is 0 Å². The van der Waals surface area contributed by atoms with Gasteiger partial charge in [0.2, 0.25) is 0 Å². The van der Waals surface area contributed by atoms with Gasteiger partial charge in [0.05, 0.1) is 0 Å². The largest absolute Gasteiger partial charge is 0.510 e. The zero-order chi connectivity index (χ0) is 11.9. The van der Waals surface area contributed by atoms with Gasteiger partial charge in [-0.05, 0) is 12.1 Å². The Morgan fingerprint density at radius 2 is 1.53 bits per heavy atom. The average Bonchev–Trinajstić information content (AvgIpc) is 2.00. The van der Waals surface area contributed by atoms with Gasteiger partial charge in [-0.15, -0.1) is 0 Å². The van der Waals surface area contributed by atoms with E-state index in [4.69, 9.17) is 0 Å². The molecule has 0 heterocycles. The van der Waals surface area contributed by atoms with E-state index in [-0.39, 0.29) is 12.1 Å². The third kappa shape index (κ3) is 2.63. The van der Waals surface area contributed by atoms with Gasteiger partial charge >= 0.3 is 13.2 Å². The molecular weight excluding hydrogens is 228 g/mol. The number of rotatable bonds is 1. The second kappa shape index (κ2) is 3.43. The summed E-state index contributed by atoms with van der Waals surface area (Å²) in [6.07, 6.45) is -5.21. The third-order valence-electron chi connectivity index (χ3n) is 1.67. The fourth-order valence-electron chi connectivity index (χ4n) is 1.06. The Morgan fingerprint density at radius 1 is 1.00 bits per heavy atom. The maximum atomic E-state index is 12.4. The molecule has 0 aliphatic heterocycles. The molecule has 84 valence electrons. The van der Waals surface area contributed by atoms with E-state index in [0.717, 1.165) is 0 Å². The molecule has 0 fully saturated rings. The Hall–Kier alpha value is -1.21. The predicted molar refractivity (Wildman–Crippen MR) is 40.1 cm³/mol. The Morgan fingerprint density at radius 3 is 1.93 bits per heavy atom. The predicted octanol–water partition coefficient (Wildman–Crippen LogP) is 2.90. The van der Waals surface area contributed by atoms with Crippen molar-refractivity contribution in [3.63, 3.8) is 0 Å². The summed E-state index contributed by atoms with van der Waals surface area (Å²) in [6, 6.07) is 0.280. The average molecular weight is 231 g/mol. The molecule has 0 aliphatic carbocycles. The second-order valence-electron chi connectivity index (χ2n) is 2.80. The highest BCUT2D eigenvalue weighted by molar-refractivity contribution is 6.74. The number of hydrogen-bond donors (Lipinski definition) is 0. The van der Waals surface area contributed by atoms with Crippen molar-refractivity contribution in [3.05, 3.63) is 29.6 Å². The lowest BCUT2D eigenvalue weighted by molar-refractivity contribution is -0.137. The quantitative estimate of drug-likeness (QED) is 0.514. The van der Waals surface area contributed by atoms with Crippen molar-refractivity contribution in [1.82, 2.24) is 0 Å². The third-order valence-corrected chi connectivity index (χ3v) is 1.67. The topological polar surface area (TPSA) is 0 Å². The molecule has 1 rings (SSSR count). The summed E-state index contributed by atoms with van der Waals surface area (Å²) < 4.78 is 85.2. The minimum atomic E-state index is -5.80. The van der Waals surface area contributed by atoms with Crippen LogP contribution in [0.2, 0.25) is 0 Å². The van der Waals surface area contributed by atoms with Gasteiger partial charge in [-0.3, -0.25) is 0 Å². The van der Waals surface area contributed by atoms with Gasteiger partial charge in [-0.1, -0.05) is 11.5 Å². The van der Waals surface area contributed by atoms with Crippen LogP contribution in [0.4, 0.5) is 30.5 Å². The Kier molecular flexibility index (Phi) is 2.71. The molecule has 8 heteroatoms. The number of benzene rings is 1. The molecule has 0 atom stereocenters. The lowest BCUT2D eigenvalue weighted by Crippen LogP contribution is -2.39. The molecule has 0 radical (unpaired) electrons. The second-order valence-corrected chi connectivity index (χ2v) is 2.80. The van der Waals surface area contributed by atoms with Gasteiger partial charge < -0.3 is 12.9 Å². The van der Waals surface area contributed by atoms with Crippen LogP contribution in [-0.4, -0.2) is 6.98 Å². The van der Waals surface area contributed by atoms with Crippen molar-refractivity contribution in [3.8, 4) is 0 Å². The Bertz CT molecular complexity index is 365. The summed E-state index contributed by atoms with van der Waals surface area (Å²) in [7, 11) is 0. The van der Waals surface area contributed by atoms with E-state index in [0.29, 0.717) is 6.07 Å². The lowest BCUT2D eigenvalue weighted by Gasteiger charge is -2.20. The summed E-state index contributed by atoms with van der Waals surface area (Å²) in [5.74, 6) is -1.36. The first-order valence-electron chi connectivity index (χ1n) is 3.69. The summed E-state index contributed by atoms with van der Waals surface area (Å²) in [5.41, 5.74) is -3.82. The van der Waals surface area contributed by atoms with Crippen molar-refractivity contribution in [2.45, 2.75) is 6.18 Å². The first kappa shape index (κ1) is 11.9. The van der Waals surface area contributed by atoms with E-state index in [1.54, 1.807) is 0 Å². The monoisotopic (exact) mass is 231 g/mol. The van der Waals surface area contributed by atoms with Crippen LogP contribution >= 0.6 is 0 Å². The maximum absolute atomic E-state index is 12.4. The SMILES string of the molecule is Fc1ccc([B-](F)(F)F)c(C(F)(F)F)c1. The number of halogens is 7. The van der Waals surface area contributed by atoms with Crippen LogP contribution in [0.3, 0.4) is 0 Å². The van der Waals surface area contributed by atoms with Crippen molar-refractivity contribution >= 4 is 12.4 Å². The molecule has 0 bridgehead atoms. The minimum absolute atomic E-state index is 0.0954. The molecule has 0 aliphatic rings. The van der Waals surface area contributed by atoms with Gasteiger partial charge in [0.15, 0.2) is 0 Å². The molecule has 1 aromatic rings. The van der Waals surface area contributed by atoms with Gasteiger partial charge in [0.25, 0.3) is 0 Å². The maximum Gasteiger partial charge on any atom is 0.510 e. The first-order chi connectivity index (χ1) is 6.62.